The average molecular weight is 722 g/mol. The van der Waals surface area contributed by atoms with E-state index in [4.69, 9.17) is 16.7 Å². The van der Waals surface area contributed by atoms with Gasteiger partial charge in [-0.05, 0) is 115 Å². The predicted molar refractivity (Wildman–Crippen MR) is 210 cm³/mol. The minimum atomic E-state index is -0.357. The van der Waals surface area contributed by atoms with Crippen LogP contribution < -0.4 is 24.3 Å². The van der Waals surface area contributed by atoms with Gasteiger partial charge in [-0.1, -0.05) is 48.0 Å². The monoisotopic (exact) mass is 721 g/mol. The number of piperazine rings is 1. The van der Waals surface area contributed by atoms with Crippen molar-refractivity contribution in [3.8, 4) is 0 Å². The Bertz CT molecular complexity index is 1970. The van der Waals surface area contributed by atoms with Crippen molar-refractivity contribution >= 4 is 75.3 Å². The molecular weight excluding hydrogens is 686 g/mol. The summed E-state index contributed by atoms with van der Waals surface area (Å²) in [5, 5.41) is 19.6. The molecule has 0 bridgehead atoms. The largest absolute Gasteiger partial charge is 0.368 e. The number of benzene rings is 5. The molecule has 2 aliphatic heterocycles. The van der Waals surface area contributed by atoms with Crippen LogP contribution in [0, 0.1) is 10.1 Å². The van der Waals surface area contributed by atoms with Crippen molar-refractivity contribution in [2.24, 2.45) is 5.10 Å². The fourth-order valence-corrected chi connectivity index (χ4v) is 7.67. The summed E-state index contributed by atoms with van der Waals surface area (Å²) in [5.74, 6) is 0. The number of hydrogen-bond donors (Lipinski definition) is 2. The molecule has 2 aliphatic rings. The molecular formula is C38H36ClN7O2S2. The normalized spacial score (nSPS) is 15.9. The Kier molecular flexibility index (Phi) is 10.3. The van der Waals surface area contributed by atoms with Crippen molar-refractivity contribution in [1.29, 1.82) is 0 Å². The average Bonchev–Trinajstić information content (AvgIpc) is 3.55. The van der Waals surface area contributed by atoms with Crippen LogP contribution in [0.4, 0.5) is 34.1 Å². The second kappa shape index (κ2) is 15.4. The van der Waals surface area contributed by atoms with E-state index in [2.05, 4.69) is 91.8 Å². The summed E-state index contributed by atoms with van der Waals surface area (Å²) >= 11 is 8.86. The maximum absolute atomic E-state index is 11.8. The highest BCUT2D eigenvalue weighted by Gasteiger charge is 2.28. The molecule has 1 atom stereocenters. The Hall–Kier alpha value is -4.84. The second-order valence-electron chi connectivity index (χ2n) is 12.1. The third kappa shape index (κ3) is 7.96. The van der Waals surface area contributed by atoms with E-state index in [1.807, 2.05) is 48.5 Å². The molecule has 0 radical (unpaired) electrons. The van der Waals surface area contributed by atoms with Crippen LogP contribution in [0.5, 0.6) is 0 Å². The molecule has 1 unspecified atom stereocenters. The lowest BCUT2D eigenvalue weighted by molar-refractivity contribution is -0.384. The van der Waals surface area contributed by atoms with E-state index in [0.717, 1.165) is 64.5 Å². The summed E-state index contributed by atoms with van der Waals surface area (Å²) < 4.78 is 6.45. The zero-order chi connectivity index (χ0) is 34.5. The second-order valence-corrected chi connectivity index (χ2v) is 14.3. The summed E-state index contributed by atoms with van der Waals surface area (Å²) in [7, 11) is 0. The molecule has 0 spiro atoms. The van der Waals surface area contributed by atoms with Crippen molar-refractivity contribution in [3.05, 3.63) is 142 Å². The van der Waals surface area contributed by atoms with Crippen molar-refractivity contribution < 1.29 is 4.92 Å². The van der Waals surface area contributed by atoms with Crippen LogP contribution in [0.15, 0.2) is 136 Å². The molecule has 5 aromatic carbocycles. The fraction of sp³-hybridized carbons (Fsp3) is 0.184. The van der Waals surface area contributed by atoms with Crippen molar-refractivity contribution in [1.82, 2.24) is 0 Å². The van der Waals surface area contributed by atoms with E-state index >= 15 is 0 Å². The molecule has 0 aliphatic carbocycles. The minimum absolute atomic E-state index is 0.0308. The first-order valence-electron chi connectivity index (χ1n) is 16.4. The SMILES string of the molecule is CC1=NN(c2cccc(N3CCN(c4ccc(NSc5ccc(NSc6ccccc6)c([N+](=O)[O-])c5)cc4)CC3)c2)C(c2ccc(Cl)cc2)C1. The summed E-state index contributed by atoms with van der Waals surface area (Å²) in [5.41, 5.74) is 7.21. The summed E-state index contributed by atoms with van der Waals surface area (Å²) in [6, 6.07) is 40.2. The van der Waals surface area contributed by atoms with Gasteiger partial charge in [-0.15, -0.1) is 0 Å². The molecule has 7 rings (SSSR count). The molecule has 1 saturated heterocycles. The highest BCUT2D eigenvalue weighted by atomic mass is 35.5. The van der Waals surface area contributed by atoms with E-state index in [9.17, 15) is 10.1 Å². The molecule has 254 valence electrons. The Morgan fingerprint density at radius 1 is 0.740 bits per heavy atom. The summed E-state index contributed by atoms with van der Waals surface area (Å²) in [6.07, 6.45) is 0.889. The molecule has 2 heterocycles. The van der Waals surface area contributed by atoms with Gasteiger partial charge in [-0.2, -0.15) is 5.10 Å². The van der Waals surface area contributed by atoms with E-state index in [1.165, 1.54) is 40.8 Å². The first-order chi connectivity index (χ1) is 24.4. The lowest BCUT2D eigenvalue weighted by atomic mass is 10.0. The highest BCUT2D eigenvalue weighted by molar-refractivity contribution is 8.00. The van der Waals surface area contributed by atoms with Gasteiger partial charge in [0.25, 0.3) is 5.69 Å². The van der Waals surface area contributed by atoms with E-state index < -0.39 is 0 Å². The number of nitro groups is 1. The molecule has 12 heteroatoms. The standard InChI is InChI=1S/C38H36ClN7O2S2/c1-27-24-37(28-10-12-29(39)13-11-28)45(40-27)33-7-5-6-32(25-33)44-22-20-43(21-23-44)31-16-14-30(15-17-31)41-50-35-18-19-36(38(26-35)46(47)48)42-49-34-8-3-2-4-9-34/h2-19,25-26,37,41-42H,20-24H2,1H3. The van der Waals surface area contributed by atoms with Gasteiger partial charge in [0, 0.05) is 76.3 Å². The van der Waals surface area contributed by atoms with E-state index in [1.54, 1.807) is 12.1 Å². The number of nitrogens with one attached hydrogen (secondary N) is 2. The number of halogens is 1. The maximum Gasteiger partial charge on any atom is 0.294 e. The van der Waals surface area contributed by atoms with Crippen LogP contribution in [0.3, 0.4) is 0 Å². The fourth-order valence-electron chi connectivity index (χ4n) is 6.17. The summed E-state index contributed by atoms with van der Waals surface area (Å²) in [4.78, 5) is 18.0. The van der Waals surface area contributed by atoms with Gasteiger partial charge in [0.15, 0.2) is 0 Å². The quantitative estimate of drug-likeness (QED) is 0.0786. The highest BCUT2D eigenvalue weighted by Crippen LogP contribution is 2.38. The molecule has 0 amide bonds. The Balaban J connectivity index is 0.933. The molecule has 50 heavy (non-hydrogen) atoms. The van der Waals surface area contributed by atoms with Gasteiger partial charge in [0.05, 0.1) is 16.7 Å². The smallest absolute Gasteiger partial charge is 0.294 e. The topological polar surface area (TPSA) is 89.3 Å². The number of rotatable bonds is 11. The first-order valence-corrected chi connectivity index (χ1v) is 18.4. The van der Waals surface area contributed by atoms with Gasteiger partial charge in [0.1, 0.15) is 5.69 Å². The van der Waals surface area contributed by atoms with Crippen molar-refractivity contribution in [2.75, 3.05) is 50.4 Å². The number of nitrogens with zero attached hydrogens (tertiary/aromatic N) is 5. The van der Waals surface area contributed by atoms with Gasteiger partial charge >= 0.3 is 0 Å². The van der Waals surface area contributed by atoms with Crippen molar-refractivity contribution in [2.45, 2.75) is 29.2 Å². The molecule has 1 fully saturated rings. The van der Waals surface area contributed by atoms with E-state index in [0.29, 0.717) is 5.69 Å². The molecule has 2 N–H and O–H groups in total. The molecule has 0 aromatic heterocycles. The maximum atomic E-state index is 11.8. The van der Waals surface area contributed by atoms with Gasteiger partial charge < -0.3 is 19.2 Å². The lowest BCUT2D eigenvalue weighted by Gasteiger charge is -2.37. The summed E-state index contributed by atoms with van der Waals surface area (Å²) in [6.45, 7) is 5.73. The van der Waals surface area contributed by atoms with Gasteiger partial charge in [-0.25, -0.2) is 0 Å². The lowest BCUT2D eigenvalue weighted by Crippen LogP contribution is -2.46. The van der Waals surface area contributed by atoms with E-state index in [-0.39, 0.29) is 16.7 Å². The van der Waals surface area contributed by atoms with Crippen LogP contribution in [0.25, 0.3) is 0 Å². The van der Waals surface area contributed by atoms with Crippen LogP contribution >= 0.6 is 35.5 Å². The number of anilines is 5. The van der Waals surface area contributed by atoms with Crippen molar-refractivity contribution in [3.63, 3.8) is 0 Å². The Morgan fingerprint density at radius 2 is 1.42 bits per heavy atom. The Labute approximate surface area is 305 Å². The van der Waals surface area contributed by atoms with Crippen LogP contribution in [-0.4, -0.2) is 36.8 Å². The number of nitro benzene ring substituents is 1. The molecule has 9 nitrogen and oxygen atoms in total. The van der Waals surface area contributed by atoms with Crippen LogP contribution in [-0.2, 0) is 0 Å². The third-order valence-electron chi connectivity index (χ3n) is 8.76. The van der Waals surface area contributed by atoms with Crippen LogP contribution in [0.2, 0.25) is 5.02 Å². The zero-order valence-electron chi connectivity index (χ0n) is 27.4. The molecule has 5 aromatic rings. The van der Waals surface area contributed by atoms with Gasteiger partial charge in [0.2, 0.25) is 0 Å². The van der Waals surface area contributed by atoms with Crippen LogP contribution in [0.1, 0.15) is 24.9 Å². The predicted octanol–water partition coefficient (Wildman–Crippen LogP) is 10.1. The zero-order valence-corrected chi connectivity index (χ0v) is 29.8. The minimum Gasteiger partial charge on any atom is -0.368 e. The Morgan fingerprint density at radius 3 is 2.14 bits per heavy atom. The molecule has 0 saturated carbocycles. The van der Waals surface area contributed by atoms with Gasteiger partial charge in [-0.3, -0.25) is 15.1 Å². The number of hydrazone groups is 1. The number of hydrogen-bond acceptors (Lipinski definition) is 10. The first kappa shape index (κ1) is 33.6. The third-order valence-corrected chi connectivity index (χ3v) is 10.7.